The van der Waals surface area contributed by atoms with Crippen molar-refractivity contribution in [3.05, 3.63) is 23.0 Å². The molecule has 7 nitrogen and oxygen atoms in total. The van der Waals surface area contributed by atoms with Crippen molar-refractivity contribution in [2.24, 2.45) is 11.8 Å². The van der Waals surface area contributed by atoms with Gasteiger partial charge in [0.2, 0.25) is 0 Å². The Bertz CT molecular complexity index is 993. The van der Waals surface area contributed by atoms with Crippen molar-refractivity contribution < 1.29 is 9.53 Å². The number of aromatic nitrogens is 3. The Balaban J connectivity index is 1.55. The van der Waals surface area contributed by atoms with Gasteiger partial charge in [-0.25, -0.2) is 4.98 Å². The van der Waals surface area contributed by atoms with Crippen molar-refractivity contribution in [1.82, 2.24) is 20.1 Å². The summed E-state index contributed by atoms with van der Waals surface area (Å²) in [4.78, 5) is 17.6. The van der Waals surface area contributed by atoms with Crippen molar-refractivity contribution in [2.75, 3.05) is 19.0 Å². The summed E-state index contributed by atoms with van der Waals surface area (Å²) in [6.45, 7) is 7.71. The minimum absolute atomic E-state index is 0.157. The van der Waals surface area contributed by atoms with Crippen molar-refractivity contribution in [2.45, 2.75) is 77.8 Å². The number of carbonyl (C=O) groups excluding carboxylic acids is 1. The number of anilines is 1. The van der Waals surface area contributed by atoms with Gasteiger partial charge in [-0.2, -0.15) is 5.10 Å². The van der Waals surface area contributed by atoms with Crippen LogP contribution in [0.15, 0.2) is 12.3 Å². The quantitative estimate of drug-likeness (QED) is 0.499. The van der Waals surface area contributed by atoms with Gasteiger partial charge in [0.25, 0.3) is 5.91 Å². The highest BCUT2D eigenvalue weighted by Crippen LogP contribution is 2.43. The topological polar surface area (TPSA) is 81.1 Å². The van der Waals surface area contributed by atoms with Crippen molar-refractivity contribution in [3.63, 3.8) is 0 Å². The molecule has 2 aromatic rings. The number of nitrogens with zero attached hydrogens (tertiary/aromatic N) is 3. The van der Waals surface area contributed by atoms with Gasteiger partial charge in [-0.05, 0) is 50.9 Å². The molecular formula is C25H36ClN5O2. The fourth-order valence-corrected chi connectivity index (χ4v) is 5.09. The van der Waals surface area contributed by atoms with Gasteiger partial charge in [-0.15, -0.1) is 0 Å². The van der Waals surface area contributed by atoms with E-state index in [0.717, 1.165) is 49.4 Å². The van der Waals surface area contributed by atoms with E-state index in [1.807, 2.05) is 13.0 Å². The predicted octanol–water partition coefficient (Wildman–Crippen LogP) is 5.54. The second kappa shape index (κ2) is 9.92. The molecule has 2 N–H and O–H groups in total. The van der Waals surface area contributed by atoms with E-state index in [4.69, 9.17) is 16.3 Å². The van der Waals surface area contributed by atoms with E-state index in [0.29, 0.717) is 35.5 Å². The Hall–Kier alpha value is -2.28. The van der Waals surface area contributed by atoms with E-state index in [1.54, 1.807) is 18.0 Å². The molecule has 180 valence electrons. The smallest absolute Gasteiger partial charge is 0.273 e. The lowest BCUT2D eigenvalue weighted by atomic mass is 9.83. The molecule has 0 atom stereocenters. The van der Waals surface area contributed by atoms with Gasteiger partial charge in [-0.1, -0.05) is 38.3 Å². The van der Waals surface area contributed by atoms with Crippen LogP contribution in [0.1, 0.15) is 76.2 Å². The third kappa shape index (κ3) is 5.13. The Morgan fingerprint density at radius 2 is 2.00 bits per heavy atom. The van der Waals surface area contributed by atoms with E-state index in [2.05, 4.69) is 34.6 Å². The molecule has 2 aliphatic carbocycles. The molecule has 0 bridgehead atoms. The summed E-state index contributed by atoms with van der Waals surface area (Å²) in [6, 6.07) is 1.90. The summed E-state index contributed by atoms with van der Waals surface area (Å²) in [5.41, 5.74) is 1.79. The summed E-state index contributed by atoms with van der Waals surface area (Å²) in [6.07, 6.45) is 9.90. The maximum atomic E-state index is 13.0. The standard InChI is InChI=1S/C25H36ClN5O2/c1-5-25(11-12-25)29-20-13-19(33-4)18(15-27-20)23-21(26)22(30-31(23)6-2)24(32)28-14-17-9-7-16(3)8-10-17/h13,15-17H,5-12,14H2,1-4H3,(H,27,29)(H,28,32). The molecule has 33 heavy (non-hydrogen) atoms. The van der Waals surface area contributed by atoms with Gasteiger partial charge >= 0.3 is 0 Å². The SMILES string of the molecule is CCn1nc(C(=O)NCC2CCC(C)CC2)c(Cl)c1-c1cnc(NC2(CC)CC2)cc1OC. The number of rotatable bonds is 9. The minimum Gasteiger partial charge on any atom is -0.496 e. The highest BCUT2D eigenvalue weighted by molar-refractivity contribution is 6.36. The van der Waals surface area contributed by atoms with Gasteiger partial charge < -0.3 is 15.4 Å². The predicted molar refractivity (Wildman–Crippen MR) is 132 cm³/mol. The monoisotopic (exact) mass is 473 g/mol. The molecule has 2 aliphatic rings. The van der Waals surface area contributed by atoms with Crippen LogP contribution in [-0.2, 0) is 6.54 Å². The summed E-state index contributed by atoms with van der Waals surface area (Å²) in [5, 5.41) is 11.5. The molecule has 0 aromatic carbocycles. The van der Waals surface area contributed by atoms with Crippen LogP contribution in [0.2, 0.25) is 5.02 Å². The molecule has 2 saturated carbocycles. The molecule has 1 amide bonds. The first-order valence-electron chi connectivity index (χ1n) is 12.3. The Kier molecular flexibility index (Phi) is 7.17. The van der Waals surface area contributed by atoms with Crippen LogP contribution in [0.5, 0.6) is 5.75 Å². The summed E-state index contributed by atoms with van der Waals surface area (Å²) >= 11 is 6.74. The molecular weight excluding hydrogens is 438 g/mol. The fraction of sp³-hybridized carbons (Fsp3) is 0.640. The number of hydrogen-bond donors (Lipinski definition) is 2. The van der Waals surface area contributed by atoms with Gasteiger partial charge in [-0.3, -0.25) is 9.48 Å². The van der Waals surface area contributed by atoms with Gasteiger partial charge in [0.15, 0.2) is 5.69 Å². The van der Waals surface area contributed by atoms with E-state index < -0.39 is 0 Å². The molecule has 0 saturated heterocycles. The lowest BCUT2D eigenvalue weighted by Gasteiger charge is -2.26. The lowest BCUT2D eigenvalue weighted by molar-refractivity contribution is 0.0936. The van der Waals surface area contributed by atoms with Crippen molar-refractivity contribution >= 4 is 23.3 Å². The van der Waals surface area contributed by atoms with Crippen LogP contribution in [0.3, 0.4) is 0 Å². The number of pyridine rings is 1. The number of ether oxygens (including phenoxy) is 1. The second-order valence-corrected chi connectivity index (χ2v) is 10.1. The van der Waals surface area contributed by atoms with Gasteiger partial charge in [0.05, 0.1) is 23.4 Å². The first-order chi connectivity index (χ1) is 15.9. The zero-order valence-electron chi connectivity index (χ0n) is 20.2. The van der Waals surface area contributed by atoms with E-state index >= 15 is 0 Å². The van der Waals surface area contributed by atoms with E-state index in [-0.39, 0.29) is 17.1 Å². The third-order valence-electron chi connectivity index (χ3n) is 7.36. The minimum atomic E-state index is -0.226. The second-order valence-electron chi connectivity index (χ2n) is 9.69. The van der Waals surface area contributed by atoms with Crippen molar-refractivity contribution in [3.8, 4) is 17.0 Å². The number of methoxy groups -OCH3 is 1. The largest absolute Gasteiger partial charge is 0.496 e. The number of aryl methyl sites for hydroxylation is 1. The maximum Gasteiger partial charge on any atom is 0.273 e. The molecule has 2 fully saturated rings. The number of amides is 1. The molecule has 2 aromatic heterocycles. The third-order valence-corrected chi connectivity index (χ3v) is 7.72. The van der Waals surface area contributed by atoms with Crippen LogP contribution in [0.4, 0.5) is 5.82 Å². The van der Waals surface area contributed by atoms with Crippen molar-refractivity contribution in [1.29, 1.82) is 0 Å². The molecule has 2 heterocycles. The first-order valence-corrected chi connectivity index (χ1v) is 12.6. The van der Waals surface area contributed by atoms with Crippen LogP contribution in [0, 0.1) is 11.8 Å². The van der Waals surface area contributed by atoms with Crippen LogP contribution < -0.4 is 15.4 Å². The number of nitrogens with one attached hydrogen (secondary N) is 2. The van der Waals surface area contributed by atoms with E-state index in [9.17, 15) is 4.79 Å². The zero-order chi connectivity index (χ0) is 23.6. The Labute approximate surface area is 201 Å². The highest BCUT2D eigenvalue weighted by atomic mass is 35.5. The first kappa shape index (κ1) is 23.9. The number of halogens is 1. The Morgan fingerprint density at radius 3 is 2.61 bits per heavy atom. The summed E-state index contributed by atoms with van der Waals surface area (Å²) in [7, 11) is 1.63. The average molecular weight is 474 g/mol. The molecule has 0 spiro atoms. The normalized spacial score (nSPS) is 21.5. The number of carbonyl (C=O) groups is 1. The zero-order valence-corrected chi connectivity index (χ0v) is 21.0. The highest BCUT2D eigenvalue weighted by Gasteiger charge is 2.41. The van der Waals surface area contributed by atoms with Crippen LogP contribution in [0.25, 0.3) is 11.3 Å². The molecule has 0 aliphatic heterocycles. The maximum absolute atomic E-state index is 13.0. The van der Waals surface area contributed by atoms with Gasteiger partial charge in [0, 0.05) is 30.9 Å². The van der Waals surface area contributed by atoms with Gasteiger partial charge in [0.1, 0.15) is 11.6 Å². The van der Waals surface area contributed by atoms with E-state index in [1.165, 1.54) is 12.8 Å². The fourth-order valence-electron chi connectivity index (χ4n) is 4.77. The Morgan fingerprint density at radius 1 is 1.27 bits per heavy atom. The summed E-state index contributed by atoms with van der Waals surface area (Å²) < 4.78 is 7.44. The molecule has 0 radical (unpaired) electrons. The lowest BCUT2D eigenvalue weighted by Crippen LogP contribution is -2.31. The average Bonchev–Trinajstić information content (AvgIpc) is 3.52. The molecule has 8 heteroatoms. The van der Waals surface area contributed by atoms with Crippen LogP contribution >= 0.6 is 11.6 Å². The van der Waals surface area contributed by atoms with Crippen LogP contribution in [-0.4, -0.2) is 39.9 Å². The number of hydrogen-bond acceptors (Lipinski definition) is 5. The molecule has 0 unspecified atom stereocenters. The molecule has 4 rings (SSSR count). The summed E-state index contributed by atoms with van der Waals surface area (Å²) in [5.74, 6) is 2.53.